The molecule has 1 fully saturated rings. The number of rotatable bonds is 10. The minimum atomic E-state index is 0.626. The number of ether oxygens (including phenoxy) is 2. The lowest BCUT2D eigenvalue weighted by molar-refractivity contribution is 0.280. The Labute approximate surface area is 166 Å². The van der Waals surface area contributed by atoms with Crippen LogP contribution < -0.4 is 9.47 Å². The number of hydrogen-bond donors (Lipinski definition) is 0. The van der Waals surface area contributed by atoms with Crippen LogP contribution in [0.1, 0.15) is 25.7 Å². The summed E-state index contributed by atoms with van der Waals surface area (Å²) in [5.74, 6) is 2.30. The molecule has 2 heterocycles. The predicted octanol–water partition coefficient (Wildman–Crippen LogP) is 3.91. The molecule has 0 saturated heterocycles. The average molecular weight is 380 g/mol. The first-order chi connectivity index (χ1) is 13.7. The summed E-state index contributed by atoms with van der Waals surface area (Å²) >= 11 is 0. The normalized spacial score (nSPS) is 14.0. The largest absolute Gasteiger partial charge is 0.493 e. The van der Waals surface area contributed by atoms with Crippen molar-refractivity contribution in [2.24, 2.45) is 5.92 Å². The molecule has 28 heavy (non-hydrogen) atoms. The lowest BCUT2D eigenvalue weighted by atomic mass is 10.1. The van der Waals surface area contributed by atoms with Crippen LogP contribution in [-0.4, -0.2) is 53.4 Å². The zero-order valence-corrected chi connectivity index (χ0v) is 16.7. The standard InChI is InChI=1S/C22H28N4O2/c1-25(2)13-3-4-14-27-22-12-11-21-23-15-20(26(21)24-22)18-7-9-19(10-8-18)28-16-17-5-6-17/h7-12,15,17H,3-6,13-14,16H2,1-2H3. The maximum Gasteiger partial charge on any atom is 0.231 e. The first-order valence-electron chi connectivity index (χ1n) is 10.0. The van der Waals surface area contributed by atoms with Crippen molar-refractivity contribution in [2.45, 2.75) is 25.7 Å². The summed E-state index contributed by atoms with van der Waals surface area (Å²) in [5.41, 5.74) is 2.81. The third kappa shape index (κ3) is 4.81. The summed E-state index contributed by atoms with van der Waals surface area (Å²) in [6, 6.07) is 12.0. The van der Waals surface area contributed by atoms with Gasteiger partial charge in [0.15, 0.2) is 5.65 Å². The quantitative estimate of drug-likeness (QED) is 0.499. The van der Waals surface area contributed by atoms with Crippen LogP contribution in [0, 0.1) is 5.92 Å². The van der Waals surface area contributed by atoms with Gasteiger partial charge in [0.1, 0.15) is 5.75 Å². The number of imidazole rings is 1. The molecule has 0 unspecified atom stereocenters. The topological polar surface area (TPSA) is 51.9 Å². The van der Waals surface area contributed by atoms with Crippen LogP contribution in [0.25, 0.3) is 16.9 Å². The average Bonchev–Trinajstić information content (AvgIpc) is 3.44. The zero-order chi connectivity index (χ0) is 19.3. The molecule has 1 aliphatic rings. The van der Waals surface area contributed by atoms with Crippen molar-refractivity contribution in [3.8, 4) is 22.9 Å². The molecule has 1 aliphatic carbocycles. The molecule has 1 aromatic carbocycles. The second-order valence-corrected chi connectivity index (χ2v) is 7.72. The summed E-state index contributed by atoms with van der Waals surface area (Å²) < 4.78 is 13.5. The number of unbranched alkanes of at least 4 members (excludes halogenated alkanes) is 1. The highest BCUT2D eigenvalue weighted by Gasteiger charge is 2.21. The monoisotopic (exact) mass is 380 g/mol. The molecular weight excluding hydrogens is 352 g/mol. The Morgan fingerprint density at radius 1 is 1.04 bits per heavy atom. The van der Waals surface area contributed by atoms with Gasteiger partial charge >= 0.3 is 0 Å². The molecule has 0 radical (unpaired) electrons. The van der Waals surface area contributed by atoms with Gasteiger partial charge in [-0.1, -0.05) is 0 Å². The third-order valence-electron chi connectivity index (χ3n) is 4.92. The van der Waals surface area contributed by atoms with Crippen molar-refractivity contribution in [3.63, 3.8) is 0 Å². The number of benzene rings is 1. The summed E-state index contributed by atoms with van der Waals surface area (Å²) in [6.07, 6.45) is 6.57. The van der Waals surface area contributed by atoms with E-state index in [0.29, 0.717) is 12.5 Å². The van der Waals surface area contributed by atoms with Crippen molar-refractivity contribution in [1.29, 1.82) is 0 Å². The molecule has 0 bridgehead atoms. The van der Waals surface area contributed by atoms with Crippen LogP contribution in [0.3, 0.4) is 0 Å². The van der Waals surface area contributed by atoms with Gasteiger partial charge in [0.2, 0.25) is 5.88 Å². The maximum atomic E-state index is 5.84. The number of nitrogens with zero attached hydrogens (tertiary/aromatic N) is 4. The summed E-state index contributed by atoms with van der Waals surface area (Å²) in [5, 5.41) is 4.62. The first kappa shape index (κ1) is 18.7. The molecule has 0 spiro atoms. The van der Waals surface area contributed by atoms with Gasteiger partial charge in [-0.3, -0.25) is 0 Å². The van der Waals surface area contributed by atoms with E-state index in [1.54, 1.807) is 0 Å². The van der Waals surface area contributed by atoms with Crippen LogP contribution in [0.2, 0.25) is 0 Å². The Morgan fingerprint density at radius 3 is 2.61 bits per heavy atom. The molecule has 3 aromatic rings. The van der Waals surface area contributed by atoms with Gasteiger partial charge in [-0.15, -0.1) is 5.10 Å². The van der Waals surface area contributed by atoms with Crippen molar-refractivity contribution in [2.75, 3.05) is 33.9 Å². The second kappa shape index (κ2) is 8.61. The smallest absolute Gasteiger partial charge is 0.231 e. The SMILES string of the molecule is CN(C)CCCCOc1ccc2ncc(-c3ccc(OCC4CC4)cc3)n2n1. The van der Waals surface area contributed by atoms with Gasteiger partial charge in [-0.25, -0.2) is 9.50 Å². The van der Waals surface area contributed by atoms with E-state index < -0.39 is 0 Å². The first-order valence-corrected chi connectivity index (χ1v) is 10.0. The van der Waals surface area contributed by atoms with E-state index in [4.69, 9.17) is 9.47 Å². The van der Waals surface area contributed by atoms with Crippen LogP contribution in [-0.2, 0) is 0 Å². The molecular formula is C22H28N4O2. The van der Waals surface area contributed by atoms with Gasteiger partial charge in [-0.2, -0.15) is 0 Å². The van der Waals surface area contributed by atoms with Crippen molar-refractivity contribution in [3.05, 3.63) is 42.6 Å². The summed E-state index contributed by atoms with van der Waals surface area (Å²) in [7, 11) is 4.17. The number of hydrogen-bond acceptors (Lipinski definition) is 5. The van der Waals surface area contributed by atoms with Gasteiger partial charge in [0.05, 0.1) is 25.1 Å². The predicted molar refractivity (Wildman–Crippen MR) is 110 cm³/mol. The van der Waals surface area contributed by atoms with Gasteiger partial charge in [-0.05, 0) is 82.6 Å². The van der Waals surface area contributed by atoms with Gasteiger partial charge in [0.25, 0.3) is 0 Å². The Morgan fingerprint density at radius 2 is 1.86 bits per heavy atom. The fraction of sp³-hybridized carbons (Fsp3) is 0.455. The highest BCUT2D eigenvalue weighted by atomic mass is 16.5. The van der Waals surface area contributed by atoms with E-state index in [9.17, 15) is 0 Å². The lowest BCUT2D eigenvalue weighted by Gasteiger charge is -2.10. The van der Waals surface area contributed by atoms with E-state index in [2.05, 4.69) is 41.2 Å². The lowest BCUT2D eigenvalue weighted by Crippen LogP contribution is -2.14. The Kier molecular flexibility index (Phi) is 5.76. The van der Waals surface area contributed by atoms with Gasteiger partial charge in [0, 0.05) is 11.6 Å². The Balaban J connectivity index is 1.42. The van der Waals surface area contributed by atoms with Crippen molar-refractivity contribution in [1.82, 2.24) is 19.5 Å². The molecule has 6 heteroatoms. The molecule has 0 N–H and O–H groups in total. The number of aromatic nitrogens is 3. The van der Waals surface area contributed by atoms with E-state index in [0.717, 1.165) is 54.6 Å². The highest BCUT2D eigenvalue weighted by Crippen LogP contribution is 2.30. The zero-order valence-electron chi connectivity index (χ0n) is 16.7. The molecule has 148 valence electrons. The molecule has 4 rings (SSSR count). The Bertz CT molecular complexity index is 901. The van der Waals surface area contributed by atoms with Crippen LogP contribution in [0.15, 0.2) is 42.6 Å². The van der Waals surface area contributed by atoms with E-state index >= 15 is 0 Å². The summed E-state index contributed by atoms with van der Waals surface area (Å²) in [4.78, 5) is 6.65. The fourth-order valence-electron chi connectivity index (χ4n) is 3.06. The van der Waals surface area contributed by atoms with Crippen molar-refractivity contribution >= 4 is 5.65 Å². The molecule has 6 nitrogen and oxygen atoms in total. The van der Waals surface area contributed by atoms with Crippen LogP contribution in [0.4, 0.5) is 0 Å². The number of fused-ring (bicyclic) bond motifs is 1. The Hall–Kier alpha value is -2.60. The van der Waals surface area contributed by atoms with Crippen LogP contribution >= 0.6 is 0 Å². The van der Waals surface area contributed by atoms with Crippen molar-refractivity contribution < 1.29 is 9.47 Å². The minimum Gasteiger partial charge on any atom is -0.493 e. The molecule has 2 aromatic heterocycles. The van der Waals surface area contributed by atoms with Gasteiger partial charge < -0.3 is 14.4 Å². The van der Waals surface area contributed by atoms with E-state index in [-0.39, 0.29) is 0 Å². The maximum absolute atomic E-state index is 5.84. The minimum absolute atomic E-state index is 0.626. The highest BCUT2D eigenvalue weighted by molar-refractivity contribution is 5.63. The second-order valence-electron chi connectivity index (χ2n) is 7.72. The molecule has 1 saturated carbocycles. The van der Waals surface area contributed by atoms with E-state index in [1.807, 2.05) is 35.0 Å². The molecule has 0 amide bonds. The summed E-state index contributed by atoms with van der Waals surface area (Å²) in [6.45, 7) is 2.57. The third-order valence-corrected chi connectivity index (χ3v) is 4.92. The molecule has 0 atom stereocenters. The van der Waals surface area contributed by atoms with Crippen LogP contribution in [0.5, 0.6) is 11.6 Å². The fourth-order valence-corrected chi connectivity index (χ4v) is 3.06. The van der Waals surface area contributed by atoms with E-state index in [1.165, 1.54) is 12.8 Å². The molecule has 0 aliphatic heterocycles.